The van der Waals surface area contributed by atoms with Gasteiger partial charge in [-0.1, -0.05) is 0 Å². The van der Waals surface area contributed by atoms with Crippen molar-refractivity contribution < 1.29 is 37.0 Å². The third-order valence-corrected chi connectivity index (χ3v) is 3.59. The summed E-state index contributed by atoms with van der Waals surface area (Å²) >= 11 is 0. The predicted octanol–water partition coefficient (Wildman–Crippen LogP) is 3.47. The Morgan fingerprint density at radius 3 is 1.68 bits per heavy atom. The number of alkyl halides is 3. The molecule has 28 heavy (non-hydrogen) atoms. The maximum atomic E-state index is 12.5. The third-order valence-electron chi connectivity index (χ3n) is 3.59. The van der Waals surface area contributed by atoms with Crippen LogP contribution in [0.4, 0.5) is 24.5 Å². The Morgan fingerprint density at radius 1 is 0.821 bits per heavy atom. The van der Waals surface area contributed by atoms with Crippen molar-refractivity contribution in [3.8, 4) is 17.2 Å². The average Bonchev–Trinajstić information content (AvgIpc) is 2.67. The second kappa shape index (κ2) is 8.51. The van der Waals surface area contributed by atoms with Crippen LogP contribution < -0.4 is 24.8 Å². The van der Waals surface area contributed by atoms with Crippen LogP contribution in [0.15, 0.2) is 36.4 Å². The monoisotopic (exact) mass is 398 g/mol. The van der Waals surface area contributed by atoms with Gasteiger partial charge in [0.25, 0.3) is 5.91 Å². The number of methoxy groups -OCH3 is 3. The van der Waals surface area contributed by atoms with E-state index in [0.29, 0.717) is 11.4 Å². The minimum absolute atomic E-state index is 0.0619. The summed E-state index contributed by atoms with van der Waals surface area (Å²) in [4.78, 5) is 23.4. The molecular formula is C18H17F3N2O5. The Morgan fingerprint density at radius 2 is 1.29 bits per heavy atom. The maximum Gasteiger partial charge on any atom is 0.471 e. The lowest BCUT2D eigenvalue weighted by molar-refractivity contribution is -0.167. The number of benzene rings is 2. The third kappa shape index (κ3) is 4.84. The van der Waals surface area contributed by atoms with E-state index in [1.807, 2.05) is 0 Å². The molecule has 0 radical (unpaired) electrons. The molecule has 2 aromatic rings. The molecular weight excluding hydrogens is 381 g/mol. The molecule has 2 N–H and O–H groups in total. The van der Waals surface area contributed by atoms with Gasteiger partial charge in [-0.05, 0) is 36.4 Å². The van der Waals surface area contributed by atoms with Crippen LogP contribution in [0, 0.1) is 0 Å². The Kier molecular flexibility index (Phi) is 6.34. The summed E-state index contributed by atoms with van der Waals surface area (Å²) < 4.78 is 52.3. The summed E-state index contributed by atoms with van der Waals surface area (Å²) in [6.07, 6.45) is -4.99. The number of amides is 2. The summed E-state index contributed by atoms with van der Waals surface area (Å²) in [6.45, 7) is 0. The fourth-order valence-electron chi connectivity index (χ4n) is 2.25. The highest BCUT2D eigenvalue weighted by molar-refractivity contribution is 6.05. The molecule has 0 spiro atoms. The molecule has 150 valence electrons. The lowest BCUT2D eigenvalue weighted by Crippen LogP contribution is -2.29. The van der Waals surface area contributed by atoms with E-state index in [4.69, 9.17) is 14.2 Å². The number of hydrogen-bond acceptors (Lipinski definition) is 5. The van der Waals surface area contributed by atoms with Crippen molar-refractivity contribution in [1.82, 2.24) is 0 Å². The van der Waals surface area contributed by atoms with E-state index < -0.39 is 18.0 Å². The highest BCUT2D eigenvalue weighted by Gasteiger charge is 2.38. The minimum atomic E-state index is -4.99. The largest absolute Gasteiger partial charge is 0.493 e. The number of ether oxygens (including phenoxy) is 3. The van der Waals surface area contributed by atoms with E-state index in [1.54, 1.807) is 5.32 Å². The van der Waals surface area contributed by atoms with Crippen LogP contribution in [0.5, 0.6) is 17.2 Å². The fraction of sp³-hybridized carbons (Fsp3) is 0.222. The molecule has 7 nitrogen and oxygen atoms in total. The maximum absolute atomic E-state index is 12.5. The summed E-state index contributed by atoms with van der Waals surface area (Å²) in [5.74, 6) is -1.69. The standard InChI is InChI=1S/C18H17F3N2O5/c1-26-13-8-10(9-14(27-2)15(13)28-3)16(24)22-11-4-6-12(7-5-11)23-17(25)18(19,20)21/h4-9H,1-3H3,(H,22,24)(H,23,25). The minimum Gasteiger partial charge on any atom is -0.493 e. The zero-order valence-corrected chi connectivity index (χ0v) is 15.1. The van der Waals surface area contributed by atoms with Gasteiger partial charge in [-0.2, -0.15) is 13.2 Å². The van der Waals surface area contributed by atoms with E-state index in [-0.39, 0.29) is 22.7 Å². The average molecular weight is 398 g/mol. The van der Waals surface area contributed by atoms with Gasteiger partial charge in [0.05, 0.1) is 21.3 Å². The van der Waals surface area contributed by atoms with E-state index in [2.05, 4.69) is 5.32 Å². The molecule has 0 fully saturated rings. The molecule has 0 atom stereocenters. The number of carbonyl (C=O) groups is 2. The van der Waals surface area contributed by atoms with Gasteiger partial charge in [0, 0.05) is 16.9 Å². The van der Waals surface area contributed by atoms with E-state index >= 15 is 0 Å². The number of anilines is 2. The molecule has 0 aromatic heterocycles. The molecule has 0 heterocycles. The zero-order valence-electron chi connectivity index (χ0n) is 15.1. The quantitative estimate of drug-likeness (QED) is 0.778. The van der Waals surface area contributed by atoms with Crippen LogP contribution in [0.25, 0.3) is 0 Å². The predicted molar refractivity (Wildman–Crippen MR) is 95.2 cm³/mol. The Labute approximate surface area is 158 Å². The van der Waals surface area contributed by atoms with Crippen LogP contribution in [0.2, 0.25) is 0 Å². The Balaban J connectivity index is 2.16. The van der Waals surface area contributed by atoms with Crippen molar-refractivity contribution in [1.29, 1.82) is 0 Å². The van der Waals surface area contributed by atoms with Crippen molar-refractivity contribution in [2.75, 3.05) is 32.0 Å². The van der Waals surface area contributed by atoms with Gasteiger partial charge >= 0.3 is 12.1 Å². The first-order valence-electron chi connectivity index (χ1n) is 7.79. The van der Waals surface area contributed by atoms with Gasteiger partial charge in [0.2, 0.25) is 5.75 Å². The summed E-state index contributed by atoms with van der Waals surface area (Å²) in [6, 6.07) is 8.07. The van der Waals surface area contributed by atoms with Crippen molar-refractivity contribution in [3.63, 3.8) is 0 Å². The number of halogens is 3. The fourth-order valence-corrected chi connectivity index (χ4v) is 2.25. The van der Waals surface area contributed by atoms with Gasteiger partial charge in [-0.25, -0.2) is 0 Å². The number of rotatable bonds is 6. The van der Waals surface area contributed by atoms with Gasteiger partial charge in [0.1, 0.15) is 0 Å². The van der Waals surface area contributed by atoms with Gasteiger partial charge in [-0.15, -0.1) is 0 Å². The lowest BCUT2D eigenvalue weighted by Gasteiger charge is -2.14. The molecule has 2 aromatic carbocycles. The molecule has 0 aliphatic carbocycles. The summed E-state index contributed by atoms with van der Waals surface area (Å²) in [5, 5.41) is 4.30. The van der Waals surface area contributed by atoms with Crippen LogP contribution in [-0.4, -0.2) is 39.3 Å². The second-order valence-electron chi connectivity index (χ2n) is 5.40. The number of carbonyl (C=O) groups excluding carboxylic acids is 2. The van der Waals surface area contributed by atoms with Crippen LogP contribution in [0.3, 0.4) is 0 Å². The van der Waals surface area contributed by atoms with Crippen LogP contribution in [-0.2, 0) is 4.79 Å². The molecule has 0 saturated carbocycles. The molecule has 0 unspecified atom stereocenters. The second-order valence-corrected chi connectivity index (χ2v) is 5.40. The SMILES string of the molecule is COc1cc(C(=O)Nc2ccc(NC(=O)C(F)(F)F)cc2)cc(OC)c1OC. The van der Waals surface area contributed by atoms with E-state index in [1.165, 1.54) is 57.7 Å². The smallest absolute Gasteiger partial charge is 0.471 e. The van der Waals surface area contributed by atoms with Crippen molar-refractivity contribution in [3.05, 3.63) is 42.0 Å². The molecule has 0 aliphatic heterocycles. The highest BCUT2D eigenvalue weighted by Crippen LogP contribution is 2.38. The van der Waals surface area contributed by atoms with E-state index in [9.17, 15) is 22.8 Å². The first-order chi connectivity index (χ1) is 13.2. The van der Waals surface area contributed by atoms with Crippen LogP contribution in [0.1, 0.15) is 10.4 Å². The normalized spacial score (nSPS) is 10.8. The van der Waals surface area contributed by atoms with Crippen LogP contribution >= 0.6 is 0 Å². The molecule has 2 amide bonds. The molecule has 0 saturated heterocycles. The molecule has 0 aliphatic rings. The van der Waals surface area contributed by atoms with E-state index in [0.717, 1.165) is 0 Å². The molecule has 2 rings (SSSR count). The molecule has 10 heteroatoms. The summed E-state index contributed by atoms with van der Waals surface area (Å²) in [5.41, 5.74) is 0.459. The van der Waals surface area contributed by atoms with Crippen molar-refractivity contribution in [2.45, 2.75) is 6.18 Å². The lowest BCUT2D eigenvalue weighted by atomic mass is 10.1. The zero-order chi connectivity index (χ0) is 20.9. The summed E-state index contributed by atoms with van der Waals surface area (Å²) in [7, 11) is 4.25. The number of nitrogens with one attached hydrogen (secondary N) is 2. The Hall–Kier alpha value is -3.43. The van der Waals surface area contributed by atoms with Gasteiger partial charge in [0.15, 0.2) is 11.5 Å². The Bertz CT molecular complexity index is 842. The molecule has 0 bridgehead atoms. The number of hydrogen-bond donors (Lipinski definition) is 2. The van der Waals surface area contributed by atoms with Crippen molar-refractivity contribution in [2.24, 2.45) is 0 Å². The van der Waals surface area contributed by atoms with Gasteiger partial charge in [-0.3, -0.25) is 9.59 Å². The first-order valence-corrected chi connectivity index (χ1v) is 7.79. The highest BCUT2D eigenvalue weighted by atomic mass is 19.4. The topological polar surface area (TPSA) is 85.9 Å². The first kappa shape index (κ1) is 20.9. The van der Waals surface area contributed by atoms with Gasteiger partial charge < -0.3 is 24.8 Å². The van der Waals surface area contributed by atoms with Crippen molar-refractivity contribution >= 4 is 23.2 Å².